The number of carboxylic acid groups (broad SMARTS) is 1. The van der Waals surface area contributed by atoms with E-state index in [4.69, 9.17) is 5.11 Å². The molecule has 0 aliphatic carbocycles. The van der Waals surface area contributed by atoms with E-state index in [1.54, 1.807) is 5.38 Å². The van der Waals surface area contributed by atoms with Gasteiger partial charge in [-0.2, -0.15) is 0 Å². The summed E-state index contributed by atoms with van der Waals surface area (Å²) in [5.41, 5.74) is 1.43. The highest BCUT2D eigenvalue weighted by molar-refractivity contribution is 9.11. The fourth-order valence-electron chi connectivity index (χ4n) is 1.31. The molecular formula is C11H8Br2N2O2S. The fraction of sp³-hybridized carbons (Fsp3) is 0.0909. The average Bonchev–Trinajstić information content (AvgIpc) is 2.70. The van der Waals surface area contributed by atoms with Crippen molar-refractivity contribution in [3.8, 4) is 0 Å². The van der Waals surface area contributed by atoms with Crippen molar-refractivity contribution < 1.29 is 9.90 Å². The quantitative estimate of drug-likeness (QED) is 0.825. The first-order chi connectivity index (χ1) is 8.54. The lowest BCUT2D eigenvalue weighted by molar-refractivity contribution is -0.136. The monoisotopic (exact) mass is 390 g/mol. The molecule has 0 atom stereocenters. The molecule has 7 heteroatoms. The number of hydrogen-bond donors (Lipinski definition) is 2. The van der Waals surface area contributed by atoms with Gasteiger partial charge in [0.05, 0.1) is 17.8 Å². The Kier molecular flexibility index (Phi) is 4.36. The maximum atomic E-state index is 10.6. The zero-order chi connectivity index (χ0) is 13.1. The Morgan fingerprint density at radius 3 is 2.94 bits per heavy atom. The van der Waals surface area contributed by atoms with Gasteiger partial charge in [-0.05, 0) is 34.1 Å². The highest BCUT2D eigenvalue weighted by Crippen LogP contribution is 2.30. The van der Waals surface area contributed by atoms with Crippen molar-refractivity contribution in [1.82, 2.24) is 4.98 Å². The van der Waals surface area contributed by atoms with Crippen LogP contribution in [0.3, 0.4) is 0 Å². The largest absolute Gasteiger partial charge is 0.481 e. The van der Waals surface area contributed by atoms with E-state index < -0.39 is 5.97 Å². The lowest BCUT2D eigenvalue weighted by atomic mass is 10.3. The first-order valence-electron chi connectivity index (χ1n) is 4.93. The molecule has 0 aliphatic rings. The van der Waals surface area contributed by atoms with Gasteiger partial charge in [0.25, 0.3) is 0 Å². The molecule has 1 aromatic heterocycles. The van der Waals surface area contributed by atoms with Gasteiger partial charge in [0.2, 0.25) is 0 Å². The Balaban J connectivity index is 2.16. The normalized spacial score (nSPS) is 10.3. The molecule has 0 saturated carbocycles. The minimum absolute atomic E-state index is 0.0577. The van der Waals surface area contributed by atoms with Crippen LogP contribution in [0.25, 0.3) is 0 Å². The van der Waals surface area contributed by atoms with Crippen LogP contribution in [0.1, 0.15) is 5.69 Å². The van der Waals surface area contributed by atoms with E-state index in [0.29, 0.717) is 10.8 Å². The van der Waals surface area contributed by atoms with E-state index in [9.17, 15) is 4.79 Å². The average molecular weight is 392 g/mol. The van der Waals surface area contributed by atoms with Crippen molar-refractivity contribution in [3.63, 3.8) is 0 Å². The molecule has 0 saturated heterocycles. The van der Waals surface area contributed by atoms with E-state index in [2.05, 4.69) is 42.2 Å². The summed E-state index contributed by atoms with van der Waals surface area (Å²) in [6, 6.07) is 5.76. The molecule has 0 unspecified atom stereocenters. The number of rotatable bonds is 4. The van der Waals surface area contributed by atoms with Crippen LogP contribution in [-0.4, -0.2) is 16.1 Å². The van der Waals surface area contributed by atoms with Crippen molar-refractivity contribution in [1.29, 1.82) is 0 Å². The van der Waals surface area contributed by atoms with Gasteiger partial charge in [-0.3, -0.25) is 4.79 Å². The molecule has 1 aromatic carbocycles. The third-order valence-electron chi connectivity index (χ3n) is 2.05. The number of aromatic nitrogens is 1. The van der Waals surface area contributed by atoms with Crippen molar-refractivity contribution in [3.05, 3.63) is 38.2 Å². The van der Waals surface area contributed by atoms with E-state index >= 15 is 0 Å². The number of nitrogens with zero attached hydrogens (tertiary/aromatic N) is 1. The smallest absolute Gasteiger partial charge is 0.309 e. The Labute approximate surface area is 124 Å². The number of benzene rings is 1. The predicted molar refractivity (Wildman–Crippen MR) is 78.6 cm³/mol. The summed E-state index contributed by atoms with van der Waals surface area (Å²) >= 11 is 8.21. The minimum atomic E-state index is -0.879. The molecule has 1 heterocycles. The summed E-state index contributed by atoms with van der Waals surface area (Å²) in [7, 11) is 0. The molecule has 18 heavy (non-hydrogen) atoms. The van der Waals surface area contributed by atoms with Crippen molar-refractivity contribution in [2.24, 2.45) is 0 Å². The standard InChI is InChI=1S/C11H8Br2N2O2S/c12-6-1-2-8(13)9(3-6)15-11-14-7(5-18-11)4-10(16)17/h1-3,5H,4H2,(H,14,15)(H,16,17). The van der Waals surface area contributed by atoms with Crippen LogP contribution in [0.15, 0.2) is 32.5 Å². The zero-order valence-electron chi connectivity index (χ0n) is 8.98. The fourth-order valence-corrected chi connectivity index (χ4v) is 2.74. The Morgan fingerprint density at radius 1 is 1.44 bits per heavy atom. The molecule has 2 rings (SSSR count). The van der Waals surface area contributed by atoms with Crippen molar-refractivity contribution in [2.75, 3.05) is 5.32 Å². The first kappa shape index (κ1) is 13.5. The number of anilines is 2. The molecule has 2 N–H and O–H groups in total. The van der Waals surface area contributed by atoms with E-state index in [1.165, 1.54) is 11.3 Å². The molecule has 0 aliphatic heterocycles. The Bertz CT molecular complexity index is 586. The lowest BCUT2D eigenvalue weighted by Crippen LogP contribution is -2.00. The van der Waals surface area contributed by atoms with Crippen LogP contribution in [0.4, 0.5) is 10.8 Å². The second kappa shape index (κ2) is 5.81. The molecule has 0 radical (unpaired) electrons. The molecule has 4 nitrogen and oxygen atoms in total. The molecule has 94 valence electrons. The first-order valence-corrected chi connectivity index (χ1v) is 7.39. The molecule has 2 aromatic rings. The second-order valence-corrected chi connectivity index (χ2v) is 6.09. The van der Waals surface area contributed by atoms with Crippen molar-refractivity contribution >= 4 is 60.0 Å². The number of carboxylic acids is 1. The number of halogens is 2. The maximum absolute atomic E-state index is 10.6. The van der Waals surface area contributed by atoms with Crippen LogP contribution in [0, 0.1) is 0 Å². The van der Waals surface area contributed by atoms with Gasteiger partial charge in [0.15, 0.2) is 5.13 Å². The van der Waals surface area contributed by atoms with Gasteiger partial charge in [-0.1, -0.05) is 15.9 Å². The van der Waals surface area contributed by atoms with E-state index in [0.717, 1.165) is 14.6 Å². The topological polar surface area (TPSA) is 62.2 Å². The van der Waals surface area contributed by atoms with Gasteiger partial charge < -0.3 is 10.4 Å². The van der Waals surface area contributed by atoms with Crippen LogP contribution in [0.5, 0.6) is 0 Å². The summed E-state index contributed by atoms with van der Waals surface area (Å²) in [5, 5.41) is 14.2. The number of thiazole rings is 1. The number of aliphatic carboxylic acids is 1. The molecular weight excluding hydrogens is 384 g/mol. The molecule has 0 amide bonds. The maximum Gasteiger partial charge on any atom is 0.309 e. The van der Waals surface area contributed by atoms with Gasteiger partial charge in [-0.15, -0.1) is 11.3 Å². The SMILES string of the molecule is O=C(O)Cc1csc(Nc2cc(Br)ccc2Br)n1. The second-order valence-electron chi connectivity index (χ2n) is 3.46. The summed E-state index contributed by atoms with van der Waals surface area (Å²) in [6.07, 6.45) is -0.0577. The third kappa shape index (κ3) is 3.54. The highest BCUT2D eigenvalue weighted by atomic mass is 79.9. The van der Waals surface area contributed by atoms with E-state index in [1.807, 2.05) is 18.2 Å². The predicted octanol–water partition coefficient (Wildman–Crippen LogP) is 4.04. The summed E-state index contributed by atoms with van der Waals surface area (Å²) < 4.78 is 1.87. The number of carbonyl (C=O) groups is 1. The lowest BCUT2D eigenvalue weighted by Gasteiger charge is -2.05. The minimum Gasteiger partial charge on any atom is -0.481 e. The van der Waals surface area contributed by atoms with Crippen LogP contribution in [0.2, 0.25) is 0 Å². The van der Waals surface area contributed by atoms with E-state index in [-0.39, 0.29) is 6.42 Å². The molecule has 0 bridgehead atoms. The third-order valence-corrected chi connectivity index (χ3v) is 4.05. The zero-order valence-corrected chi connectivity index (χ0v) is 13.0. The van der Waals surface area contributed by atoms with Gasteiger partial charge >= 0.3 is 5.97 Å². The van der Waals surface area contributed by atoms with Crippen LogP contribution < -0.4 is 5.32 Å². The number of nitrogens with one attached hydrogen (secondary N) is 1. The van der Waals surface area contributed by atoms with Crippen LogP contribution >= 0.6 is 43.2 Å². The summed E-state index contributed by atoms with van der Waals surface area (Å²) in [5.74, 6) is -0.879. The number of hydrogen-bond acceptors (Lipinski definition) is 4. The Hall–Kier alpha value is -0.920. The van der Waals surface area contributed by atoms with Crippen LogP contribution in [-0.2, 0) is 11.2 Å². The van der Waals surface area contributed by atoms with Gasteiger partial charge in [0, 0.05) is 14.3 Å². The summed E-state index contributed by atoms with van der Waals surface area (Å²) in [6.45, 7) is 0. The van der Waals surface area contributed by atoms with Crippen molar-refractivity contribution in [2.45, 2.75) is 6.42 Å². The molecule has 0 spiro atoms. The molecule has 0 fully saturated rings. The van der Waals surface area contributed by atoms with Gasteiger partial charge in [0.1, 0.15) is 0 Å². The summed E-state index contributed by atoms with van der Waals surface area (Å²) in [4.78, 5) is 14.8. The van der Waals surface area contributed by atoms with Gasteiger partial charge in [-0.25, -0.2) is 4.98 Å². The highest BCUT2D eigenvalue weighted by Gasteiger charge is 2.08. The Morgan fingerprint density at radius 2 is 2.22 bits per heavy atom.